The summed E-state index contributed by atoms with van der Waals surface area (Å²) in [6, 6.07) is 8.81. The normalized spacial score (nSPS) is 10.8. The monoisotopic (exact) mass is 245 g/mol. The minimum absolute atomic E-state index is 0.934. The van der Waals surface area contributed by atoms with E-state index in [0.717, 1.165) is 11.4 Å². The van der Waals surface area contributed by atoms with Crippen molar-refractivity contribution < 1.29 is 0 Å². The molecule has 2 aromatic rings. The van der Waals surface area contributed by atoms with Crippen LogP contribution in [0.4, 0.5) is 5.00 Å². The average molecular weight is 245 g/mol. The van der Waals surface area contributed by atoms with Gasteiger partial charge >= 0.3 is 0 Å². The number of nitrogen functional groups attached to an aromatic ring is 1. The van der Waals surface area contributed by atoms with Crippen molar-refractivity contribution in [2.75, 3.05) is 5.73 Å². The maximum atomic E-state index is 6.09. The molecule has 2 rings (SSSR count). The lowest BCUT2D eigenvalue weighted by atomic mass is 10.0. The summed E-state index contributed by atoms with van der Waals surface area (Å²) in [5.74, 6) is 0. The molecule has 0 unspecified atom stereocenters. The third kappa shape index (κ3) is 2.37. The summed E-state index contributed by atoms with van der Waals surface area (Å²) < 4.78 is 0. The Balaban J connectivity index is 2.39. The van der Waals surface area contributed by atoms with Crippen LogP contribution in [-0.4, -0.2) is 0 Å². The zero-order valence-corrected chi connectivity index (χ0v) is 11.5. The lowest BCUT2D eigenvalue weighted by Gasteiger charge is -2.05. The van der Waals surface area contributed by atoms with Crippen molar-refractivity contribution in [2.24, 2.45) is 0 Å². The Hall–Kier alpha value is -1.28. The highest BCUT2D eigenvalue weighted by Crippen LogP contribution is 2.37. The molecule has 17 heavy (non-hydrogen) atoms. The van der Waals surface area contributed by atoms with Crippen molar-refractivity contribution >= 4 is 16.3 Å². The smallest absolute Gasteiger partial charge is 0.0941 e. The topological polar surface area (TPSA) is 26.0 Å². The summed E-state index contributed by atoms with van der Waals surface area (Å²) in [6.45, 7) is 6.49. The fourth-order valence-electron chi connectivity index (χ4n) is 2.14. The van der Waals surface area contributed by atoms with Gasteiger partial charge in [-0.25, -0.2) is 0 Å². The molecular formula is C15H19NS. The number of nitrogens with two attached hydrogens (primary N) is 1. The number of anilines is 1. The Kier molecular flexibility index (Phi) is 3.53. The summed E-state index contributed by atoms with van der Waals surface area (Å²) in [6.07, 6.45) is 2.34. The molecular weight excluding hydrogens is 226 g/mol. The van der Waals surface area contributed by atoms with Crippen LogP contribution in [0.1, 0.15) is 29.3 Å². The van der Waals surface area contributed by atoms with E-state index >= 15 is 0 Å². The minimum atomic E-state index is 0.934. The van der Waals surface area contributed by atoms with Crippen LogP contribution in [0.3, 0.4) is 0 Å². The lowest BCUT2D eigenvalue weighted by molar-refractivity contribution is 0.922. The van der Waals surface area contributed by atoms with Crippen LogP contribution >= 0.6 is 11.3 Å². The van der Waals surface area contributed by atoms with E-state index in [1.165, 1.54) is 33.6 Å². The van der Waals surface area contributed by atoms with Gasteiger partial charge in [-0.3, -0.25) is 0 Å². The molecule has 2 heteroatoms. The van der Waals surface area contributed by atoms with Crippen molar-refractivity contribution in [1.82, 2.24) is 0 Å². The molecule has 0 atom stereocenters. The van der Waals surface area contributed by atoms with Crippen LogP contribution < -0.4 is 5.73 Å². The summed E-state index contributed by atoms with van der Waals surface area (Å²) in [5, 5.41) is 0.934. The Morgan fingerprint density at radius 1 is 1.12 bits per heavy atom. The fraction of sp³-hybridized carbons (Fsp3) is 0.333. The second kappa shape index (κ2) is 4.92. The molecule has 0 aliphatic carbocycles. The predicted octanol–water partition coefficient (Wildman–Crippen LogP) is 4.57. The summed E-state index contributed by atoms with van der Waals surface area (Å²) in [7, 11) is 0. The third-order valence-corrected chi connectivity index (χ3v) is 4.23. The van der Waals surface area contributed by atoms with E-state index in [1.54, 1.807) is 11.3 Å². The molecule has 0 radical (unpaired) electrons. The van der Waals surface area contributed by atoms with E-state index in [-0.39, 0.29) is 0 Å². The molecule has 1 nitrogen and oxygen atoms in total. The first-order valence-corrected chi connectivity index (χ1v) is 6.90. The molecule has 1 heterocycles. The number of hydrogen-bond acceptors (Lipinski definition) is 2. The molecule has 0 aliphatic heterocycles. The van der Waals surface area contributed by atoms with E-state index in [2.05, 4.69) is 45.0 Å². The van der Waals surface area contributed by atoms with Gasteiger partial charge in [-0.2, -0.15) is 0 Å². The summed E-state index contributed by atoms with van der Waals surface area (Å²) >= 11 is 1.68. The van der Waals surface area contributed by atoms with E-state index in [4.69, 9.17) is 5.73 Å². The first kappa shape index (κ1) is 12.2. The van der Waals surface area contributed by atoms with Crippen molar-refractivity contribution in [3.63, 3.8) is 0 Å². The first-order valence-electron chi connectivity index (χ1n) is 6.08. The predicted molar refractivity (Wildman–Crippen MR) is 77.6 cm³/mol. The van der Waals surface area contributed by atoms with E-state index in [1.807, 2.05) is 0 Å². The van der Waals surface area contributed by atoms with Crippen molar-refractivity contribution in [3.05, 3.63) is 40.3 Å². The van der Waals surface area contributed by atoms with E-state index in [0.29, 0.717) is 0 Å². The van der Waals surface area contributed by atoms with Crippen LogP contribution in [0.15, 0.2) is 24.3 Å². The van der Waals surface area contributed by atoms with Crippen LogP contribution in [0, 0.1) is 13.8 Å². The Morgan fingerprint density at radius 3 is 2.24 bits per heavy atom. The second-order valence-corrected chi connectivity index (χ2v) is 5.73. The highest BCUT2D eigenvalue weighted by molar-refractivity contribution is 7.16. The maximum Gasteiger partial charge on any atom is 0.0941 e. The third-order valence-electron chi connectivity index (χ3n) is 3.19. The van der Waals surface area contributed by atoms with Gasteiger partial charge in [-0.1, -0.05) is 37.6 Å². The molecule has 0 spiro atoms. The van der Waals surface area contributed by atoms with Crippen LogP contribution in [0.2, 0.25) is 0 Å². The quantitative estimate of drug-likeness (QED) is 0.842. The number of rotatable bonds is 3. The molecule has 2 N–H and O–H groups in total. The van der Waals surface area contributed by atoms with Gasteiger partial charge < -0.3 is 5.73 Å². The van der Waals surface area contributed by atoms with E-state index < -0.39 is 0 Å². The standard InChI is InChI=1S/C15H19NS/c1-4-5-12-6-8-13(9-7-12)14-10(2)11(3)17-15(14)16/h6-9H,4-5,16H2,1-3H3. The molecule has 90 valence electrons. The molecule has 1 aromatic carbocycles. The SMILES string of the molecule is CCCc1ccc(-c2c(N)sc(C)c2C)cc1. The number of benzene rings is 1. The largest absolute Gasteiger partial charge is 0.390 e. The van der Waals surface area contributed by atoms with E-state index in [9.17, 15) is 0 Å². The second-order valence-electron chi connectivity index (χ2n) is 4.47. The van der Waals surface area contributed by atoms with Crippen LogP contribution in [-0.2, 0) is 6.42 Å². The van der Waals surface area contributed by atoms with Gasteiger partial charge in [-0.05, 0) is 37.0 Å². The molecule has 0 saturated heterocycles. The van der Waals surface area contributed by atoms with Crippen LogP contribution in [0.5, 0.6) is 0 Å². The van der Waals surface area contributed by atoms with Gasteiger partial charge in [-0.15, -0.1) is 11.3 Å². The first-order chi connectivity index (χ1) is 8.13. The van der Waals surface area contributed by atoms with Gasteiger partial charge in [0, 0.05) is 10.4 Å². The van der Waals surface area contributed by atoms with Gasteiger partial charge in [0.2, 0.25) is 0 Å². The maximum absolute atomic E-state index is 6.09. The number of thiophene rings is 1. The number of hydrogen-bond donors (Lipinski definition) is 1. The molecule has 0 bridgehead atoms. The van der Waals surface area contributed by atoms with Crippen LogP contribution in [0.25, 0.3) is 11.1 Å². The summed E-state index contributed by atoms with van der Waals surface area (Å²) in [5.41, 5.74) is 11.3. The highest BCUT2D eigenvalue weighted by atomic mass is 32.1. The van der Waals surface area contributed by atoms with Gasteiger partial charge in [0.15, 0.2) is 0 Å². The number of aryl methyl sites for hydroxylation is 2. The molecule has 1 aromatic heterocycles. The molecule has 0 fully saturated rings. The fourth-order valence-corrected chi connectivity index (χ4v) is 3.10. The molecule has 0 saturated carbocycles. The Bertz CT molecular complexity index is 508. The lowest BCUT2D eigenvalue weighted by Crippen LogP contribution is -1.88. The molecule has 0 aliphatic rings. The highest BCUT2D eigenvalue weighted by Gasteiger charge is 2.11. The van der Waals surface area contributed by atoms with Crippen molar-refractivity contribution in [1.29, 1.82) is 0 Å². The Labute approximate surface area is 107 Å². The van der Waals surface area contributed by atoms with Gasteiger partial charge in [0.1, 0.15) is 0 Å². The summed E-state index contributed by atoms with van der Waals surface area (Å²) in [4.78, 5) is 1.31. The van der Waals surface area contributed by atoms with Crippen molar-refractivity contribution in [3.8, 4) is 11.1 Å². The average Bonchev–Trinajstić information content (AvgIpc) is 2.55. The molecule has 0 amide bonds. The minimum Gasteiger partial charge on any atom is -0.390 e. The zero-order chi connectivity index (χ0) is 12.4. The van der Waals surface area contributed by atoms with Gasteiger partial charge in [0.05, 0.1) is 5.00 Å². The van der Waals surface area contributed by atoms with Gasteiger partial charge in [0.25, 0.3) is 0 Å². The van der Waals surface area contributed by atoms with Crippen molar-refractivity contribution in [2.45, 2.75) is 33.6 Å². The zero-order valence-electron chi connectivity index (χ0n) is 10.7. The Morgan fingerprint density at radius 2 is 1.76 bits per heavy atom.